The van der Waals surface area contributed by atoms with Crippen molar-refractivity contribution in [2.45, 2.75) is 109 Å². The van der Waals surface area contributed by atoms with Gasteiger partial charge in [0.05, 0.1) is 25.6 Å². The number of carbonyl (C=O) groups is 4. The molecule has 0 spiro atoms. The zero-order valence-corrected chi connectivity index (χ0v) is 24.9. The van der Waals surface area contributed by atoms with Crippen molar-refractivity contribution in [1.82, 2.24) is 4.90 Å². The number of allylic oxidation sites excluding steroid dienone is 1. The van der Waals surface area contributed by atoms with E-state index in [0.29, 0.717) is 25.9 Å². The van der Waals surface area contributed by atoms with Gasteiger partial charge in [-0.3, -0.25) is 19.2 Å². The molecule has 1 amide bonds. The molecule has 2 aliphatic heterocycles. The number of unbranched alkanes of at least 4 members (excludes halogenated alkanes) is 1. The third-order valence-corrected chi connectivity index (χ3v) is 9.31. The maximum Gasteiger partial charge on any atom is 0.306 e. The Kier molecular flexibility index (Phi) is 10.8. The summed E-state index contributed by atoms with van der Waals surface area (Å²) in [6.07, 6.45) is 10.7. The third kappa shape index (κ3) is 7.66. The Bertz CT molecular complexity index is 1110. The lowest BCUT2D eigenvalue weighted by Gasteiger charge is -2.28. The zero-order valence-electron chi connectivity index (χ0n) is 24.9. The molecule has 7 nitrogen and oxygen atoms in total. The van der Waals surface area contributed by atoms with Crippen molar-refractivity contribution < 1.29 is 28.7 Å². The second-order valence-corrected chi connectivity index (χ2v) is 12.3. The molecule has 0 radical (unpaired) electrons. The number of fused-ring (bicyclic) bond motifs is 3. The molecule has 41 heavy (non-hydrogen) atoms. The van der Waals surface area contributed by atoms with Crippen LogP contribution in [-0.2, 0) is 30.3 Å². The molecular weight excluding hydrogens is 518 g/mol. The van der Waals surface area contributed by atoms with Crippen molar-refractivity contribution in [3.8, 4) is 5.75 Å². The summed E-state index contributed by atoms with van der Waals surface area (Å²) in [4.78, 5) is 54.9. The first-order valence-corrected chi connectivity index (χ1v) is 15.7. The van der Waals surface area contributed by atoms with Crippen molar-refractivity contribution in [3.63, 3.8) is 0 Å². The molecule has 1 aliphatic carbocycles. The highest BCUT2D eigenvalue weighted by Crippen LogP contribution is 2.57. The average molecular weight is 566 g/mol. The minimum Gasteiger partial charge on any atom is -0.488 e. The number of ketones is 2. The Morgan fingerprint density at radius 3 is 2.61 bits per heavy atom. The monoisotopic (exact) mass is 565 g/mol. The van der Waals surface area contributed by atoms with Crippen molar-refractivity contribution in [2.75, 3.05) is 13.2 Å². The van der Waals surface area contributed by atoms with Gasteiger partial charge in [-0.05, 0) is 56.6 Å². The Morgan fingerprint density at radius 2 is 1.88 bits per heavy atom. The van der Waals surface area contributed by atoms with Gasteiger partial charge < -0.3 is 14.4 Å². The van der Waals surface area contributed by atoms with Crippen molar-refractivity contribution in [1.29, 1.82) is 0 Å². The van der Waals surface area contributed by atoms with Crippen LogP contribution in [0.2, 0.25) is 0 Å². The molecule has 7 heteroatoms. The number of Topliss-reactive ketones (excluding diaryl/α,β-unsaturated/α-hetero) is 2. The number of nitrogens with zero attached hydrogens (tertiary/aromatic N) is 1. The number of rotatable bonds is 8. The number of para-hydroxylation sites is 1. The lowest BCUT2D eigenvalue weighted by molar-refractivity contribution is -0.150. The molecule has 3 aliphatic rings. The summed E-state index contributed by atoms with van der Waals surface area (Å²) >= 11 is 0. The first-order chi connectivity index (χ1) is 19.8. The second kappa shape index (κ2) is 14.3. The number of ether oxygens (including phenoxy) is 2. The van der Waals surface area contributed by atoms with Gasteiger partial charge in [0, 0.05) is 24.2 Å². The predicted octanol–water partition coefficient (Wildman–Crippen LogP) is 6.02. The summed E-state index contributed by atoms with van der Waals surface area (Å²) < 4.78 is 12.0. The molecule has 5 atom stereocenters. The molecule has 2 bridgehead atoms. The van der Waals surface area contributed by atoms with E-state index in [1.807, 2.05) is 18.2 Å². The van der Waals surface area contributed by atoms with Gasteiger partial charge in [0.2, 0.25) is 5.91 Å². The fourth-order valence-corrected chi connectivity index (χ4v) is 6.63. The van der Waals surface area contributed by atoms with E-state index < -0.39 is 17.4 Å². The van der Waals surface area contributed by atoms with E-state index in [2.05, 4.69) is 19.6 Å². The van der Waals surface area contributed by atoms with Gasteiger partial charge in [-0.15, -0.1) is 6.58 Å². The Hall–Kier alpha value is -2.96. The number of amides is 1. The molecule has 1 saturated carbocycles. The lowest BCUT2D eigenvalue weighted by atomic mass is 9.88. The first-order valence-electron chi connectivity index (χ1n) is 15.7. The van der Waals surface area contributed by atoms with Gasteiger partial charge in [0.1, 0.15) is 17.6 Å². The second-order valence-electron chi connectivity index (χ2n) is 12.3. The van der Waals surface area contributed by atoms with Crippen LogP contribution in [0.1, 0.15) is 96.5 Å². The van der Waals surface area contributed by atoms with Crippen molar-refractivity contribution in [3.05, 3.63) is 42.5 Å². The maximum absolute atomic E-state index is 14.1. The average Bonchev–Trinajstić information content (AvgIpc) is 3.52. The van der Waals surface area contributed by atoms with E-state index in [-0.39, 0.29) is 54.9 Å². The van der Waals surface area contributed by atoms with Crippen molar-refractivity contribution >= 4 is 23.4 Å². The molecule has 0 aromatic heterocycles. The normalized spacial score (nSPS) is 29.4. The first kappa shape index (κ1) is 31.0. The molecule has 4 rings (SSSR count). The standard InChI is InChI=1S/C34H47NO6/c1-4-6-14-26-19-32(38)40-18-13-9-7-8-10-15-25-16-11-12-17-31(25)41-28-20-29(35(23-28)33(26)39)30(37)22-34(24(3)36)21-27(34)5-2/h5,11-12,16-17,26-29H,2,4,6-10,13-15,18-23H2,1,3H3/t26-,27-,28-,29+,34+/m1/s1. The zero-order chi connectivity index (χ0) is 29.4. The lowest BCUT2D eigenvalue weighted by Crippen LogP contribution is -2.45. The van der Waals surface area contributed by atoms with E-state index in [0.717, 1.165) is 62.7 Å². The SMILES string of the molecule is C=C[C@@H]1C[C@]1(CC(=O)[C@@H]1C[C@@H]2CN1C(=O)[C@H](CCCC)CC(=O)OCCCCCCCc1ccccc1O2)C(C)=O. The number of carbonyl (C=O) groups excluding carboxylic acids is 4. The van der Waals surface area contributed by atoms with Gasteiger partial charge in [-0.2, -0.15) is 0 Å². The fraction of sp³-hybridized carbons (Fsp3) is 0.647. The molecule has 1 aromatic rings. The molecule has 1 aromatic carbocycles. The van der Waals surface area contributed by atoms with Crippen LogP contribution >= 0.6 is 0 Å². The molecule has 2 fully saturated rings. The number of esters is 1. The van der Waals surface area contributed by atoms with E-state index in [1.54, 1.807) is 17.9 Å². The smallest absolute Gasteiger partial charge is 0.306 e. The third-order valence-electron chi connectivity index (χ3n) is 9.31. The van der Waals surface area contributed by atoms with Gasteiger partial charge in [-0.1, -0.05) is 63.3 Å². The van der Waals surface area contributed by atoms with Crippen LogP contribution in [0.4, 0.5) is 0 Å². The Morgan fingerprint density at radius 1 is 1.12 bits per heavy atom. The van der Waals surface area contributed by atoms with E-state index in [4.69, 9.17) is 9.47 Å². The quantitative estimate of drug-likeness (QED) is 0.283. The Balaban J connectivity index is 1.61. The summed E-state index contributed by atoms with van der Waals surface area (Å²) in [7, 11) is 0. The van der Waals surface area contributed by atoms with Gasteiger partial charge >= 0.3 is 5.97 Å². The topological polar surface area (TPSA) is 90.0 Å². The van der Waals surface area contributed by atoms with E-state index >= 15 is 0 Å². The van der Waals surface area contributed by atoms with Gasteiger partial charge in [0.25, 0.3) is 0 Å². The molecule has 0 N–H and O–H groups in total. The number of hydrogen-bond donors (Lipinski definition) is 0. The molecule has 0 unspecified atom stereocenters. The van der Waals surface area contributed by atoms with Crippen LogP contribution < -0.4 is 4.74 Å². The van der Waals surface area contributed by atoms with Crippen LogP contribution in [0.25, 0.3) is 0 Å². The maximum atomic E-state index is 14.1. The van der Waals surface area contributed by atoms with E-state index in [9.17, 15) is 19.2 Å². The highest BCUT2D eigenvalue weighted by atomic mass is 16.5. The summed E-state index contributed by atoms with van der Waals surface area (Å²) in [5.41, 5.74) is 0.426. The molecule has 1 saturated heterocycles. The molecule has 2 heterocycles. The summed E-state index contributed by atoms with van der Waals surface area (Å²) in [5, 5.41) is 0. The number of hydrogen-bond acceptors (Lipinski definition) is 6. The highest BCUT2D eigenvalue weighted by Gasteiger charge is 2.58. The van der Waals surface area contributed by atoms with E-state index in [1.165, 1.54) is 0 Å². The fourth-order valence-electron chi connectivity index (χ4n) is 6.63. The molecular formula is C34H47NO6. The summed E-state index contributed by atoms with van der Waals surface area (Å²) in [6, 6.07) is 7.34. The summed E-state index contributed by atoms with van der Waals surface area (Å²) in [6.45, 7) is 8.09. The van der Waals surface area contributed by atoms with Crippen LogP contribution in [0.5, 0.6) is 5.75 Å². The molecule has 224 valence electrons. The Labute approximate surface area is 245 Å². The number of aryl methyl sites for hydroxylation is 1. The minimum atomic E-state index is -0.712. The minimum absolute atomic E-state index is 0.00530. The predicted molar refractivity (Wildman–Crippen MR) is 157 cm³/mol. The van der Waals surface area contributed by atoms with Crippen LogP contribution in [-0.4, -0.2) is 53.6 Å². The van der Waals surface area contributed by atoms with Crippen LogP contribution in [0.15, 0.2) is 36.9 Å². The largest absolute Gasteiger partial charge is 0.488 e. The van der Waals surface area contributed by atoms with Gasteiger partial charge in [0.15, 0.2) is 5.78 Å². The number of benzene rings is 1. The number of cyclic esters (lactones) is 1. The van der Waals surface area contributed by atoms with Crippen LogP contribution in [0.3, 0.4) is 0 Å². The summed E-state index contributed by atoms with van der Waals surface area (Å²) in [5.74, 6) is -0.419. The van der Waals surface area contributed by atoms with Crippen molar-refractivity contribution in [2.24, 2.45) is 17.3 Å². The van der Waals surface area contributed by atoms with Crippen LogP contribution in [0, 0.1) is 17.3 Å². The highest BCUT2D eigenvalue weighted by molar-refractivity contribution is 5.97. The van der Waals surface area contributed by atoms with Gasteiger partial charge in [-0.25, -0.2) is 0 Å².